The molecular formula is C33H34O8. The van der Waals surface area contributed by atoms with E-state index in [9.17, 15) is 34.8 Å². The molecule has 2 aromatic rings. The summed E-state index contributed by atoms with van der Waals surface area (Å²) in [4.78, 5) is 39.3. The van der Waals surface area contributed by atoms with Crippen molar-refractivity contribution in [1.82, 2.24) is 0 Å². The molecule has 4 N–H and O–H groups in total. The number of phenols is 1. The molecule has 0 bridgehead atoms. The third-order valence-corrected chi connectivity index (χ3v) is 9.60. The average Bonchev–Trinajstić information content (AvgIpc) is 3.44. The summed E-state index contributed by atoms with van der Waals surface area (Å²) in [6, 6.07) is 9.28. The van der Waals surface area contributed by atoms with Gasteiger partial charge in [0.05, 0.1) is 12.7 Å². The Hall–Kier alpha value is -3.91. The number of hydrogen-bond donors (Lipinski definition) is 4. The number of Topliss-reactive ketones (excluding diaryl/α,β-unsaturated/α-hetero) is 3. The van der Waals surface area contributed by atoms with Crippen LogP contribution in [-0.4, -0.2) is 50.5 Å². The highest BCUT2D eigenvalue weighted by atomic mass is 16.5. The van der Waals surface area contributed by atoms with E-state index in [1.54, 1.807) is 13.2 Å². The molecule has 4 aliphatic carbocycles. The lowest BCUT2D eigenvalue weighted by Gasteiger charge is -2.45. The molecule has 0 unspecified atom stereocenters. The maximum Gasteiger partial charge on any atom is 0.209 e. The van der Waals surface area contributed by atoms with E-state index >= 15 is 0 Å². The van der Waals surface area contributed by atoms with Crippen LogP contribution in [0.2, 0.25) is 0 Å². The second-order valence-corrected chi connectivity index (χ2v) is 12.0. The summed E-state index contributed by atoms with van der Waals surface area (Å²) >= 11 is 0. The quantitative estimate of drug-likeness (QED) is 0.372. The fourth-order valence-corrected chi connectivity index (χ4v) is 7.62. The van der Waals surface area contributed by atoms with Gasteiger partial charge in [0.1, 0.15) is 28.6 Å². The van der Waals surface area contributed by atoms with Crippen LogP contribution in [0.25, 0.3) is 11.1 Å². The summed E-state index contributed by atoms with van der Waals surface area (Å²) in [5, 5.41) is 44.2. The Bertz CT molecular complexity index is 1560. The molecular weight excluding hydrogens is 524 g/mol. The first kappa shape index (κ1) is 27.3. The highest BCUT2D eigenvalue weighted by Gasteiger charge is 2.59. The number of aliphatic hydroxyl groups is 3. The predicted molar refractivity (Wildman–Crippen MR) is 150 cm³/mol. The standard InChI is InChI=1S/C33H34O8/c1-16(34)27-25(36)15-20-13-19-14-23-21(22-12-18(7-10-26(22)41-2)11-17-5-3-4-6-17)8-9-24(35)29(23)30(37)28(19)32(39)33(20,40)31(27)38/h7-10,12,17,19-20,35-36,39-40H,3-6,11,13-15H2,1-2H3/t19-,20+,33-/m1/s1. The van der Waals surface area contributed by atoms with E-state index in [4.69, 9.17) is 4.74 Å². The first-order valence-electron chi connectivity index (χ1n) is 14.3. The van der Waals surface area contributed by atoms with Gasteiger partial charge in [0.15, 0.2) is 17.2 Å². The molecule has 1 saturated carbocycles. The number of aromatic hydroxyl groups is 1. The van der Waals surface area contributed by atoms with Crippen LogP contribution in [0.1, 0.15) is 66.9 Å². The molecule has 214 valence electrons. The molecule has 0 aliphatic heterocycles. The van der Waals surface area contributed by atoms with Crippen LogP contribution >= 0.6 is 0 Å². The minimum absolute atomic E-state index is 0.0130. The number of rotatable bonds is 5. The second kappa shape index (κ2) is 9.87. The molecule has 0 heterocycles. The fourth-order valence-electron chi connectivity index (χ4n) is 7.62. The minimum Gasteiger partial charge on any atom is -0.511 e. The van der Waals surface area contributed by atoms with E-state index in [1.807, 2.05) is 6.07 Å². The first-order valence-corrected chi connectivity index (χ1v) is 14.3. The smallest absolute Gasteiger partial charge is 0.209 e. The molecule has 8 nitrogen and oxygen atoms in total. The van der Waals surface area contributed by atoms with Crippen LogP contribution in [0.3, 0.4) is 0 Å². The Balaban J connectivity index is 1.47. The largest absolute Gasteiger partial charge is 0.511 e. The van der Waals surface area contributed by atoms with E-state index in [-0.39, 0.29) is 36.1 Å². The van der Waals surface area contributed by atoms with Crippen molar-refractivity contribution in [3.8, 4) is 22.6 Å². The van der Waals surface area contributed by atoms with Crippen LogP contribution in [0, 0.1) is 17.8 Å². The molecule has 3 atom stereocenters. The molecule has 41 heavy (non-hydrogen) atoms. The third kappa shape index (κ3) is 4.10. The van der Waals surface area contributed by atoms with Crippen LogP contribution in [-0.2, 0) is 22.4 Å². The second-order valence-electron chi connectivity index (χ2n) is 12.0. The van der Waals surface area contributed by atoms with Crippen molar-refractivity contribution in [2.75, 3.05) is 7.11 Å². The highest BCUT2D eigenvalue weighted by molar-refractivity contribution is 6.25. The van der Waals surface area contributed by atoms with Crippen molar-refractivity contribution >= 4 is 17.3 Å². The summed E-state index contributed by atoms with van der Waals surface area (Å²) in [5.41, 5.74) is 0.117. The molecule has 0 amide bonds. The topological polar surface area (TPSA) is 141 Å². The Morgan fingerprint density at radius 1 is 1.02 bits per heavy atom. The first-order chi connectivity index (χ1) is 19.6. The van der Waals surface area contributed by atoms with Gasteiger partial charge in [0, 0.05) is 23.5 Å². The van der Waals surface area contributed by atoms with Gasteiger partial charge in [-0.05, 0) is 72.9 Å². The lowest BCUT2D eigenvalue weighted by atomic mass is 9.60. The monoisotopic (exact) mass is 558 g/mol. The van der Waals surface area contributed by atoms with Gasteiger partial charge in [0.25, 0.3) is 0 Å². The number of phenolic OH excluding ortho intramolecular Hbond substituents is 1. The Morgan fingerprint density at radius 2 is 1.76 bits per heavy atom. The van der Waals surface area contributed by atoms with Crippen LogP contribution in [0.5, 0.6) is 11.5 Å². The normalized spacial score (nSPS) is 26.1. The van der Waals surface area contributed by atoms with Crippen molar-refractivity contribution in [1.29, 1.82) is 0 Å². The average molecular weight is 559 g/mol. The predicted octanol–water partition coefficient (Wildman–Crippen LogP) is 5.09. The summed E-state index contributed by atoms with van der Waals surface area (Å²) < 4.78 is 5.71. The molecule has 8 heteroatoms. The van der Waals surface area contributed by atoms with Gasteiger partial charge in [-0.25, -0.2) is 0 Å². The molecule has 0 radical (unpaired) electrons. The maximum absolute atomic E-state index is 14.0. The number of aliphatic hydroxyl groups excluding tert-OH is 2. The Labute approximate surface area is 238 Å². The zero-order chi connectivity index (χ0) is 29.2. The number of allylic oxidation sites excluding steroid dienone is 2. The molecule has 0 aromatic heterocycles. The van der Waals surface area contributed by atoms with Gasteiger partial charge in [-0.1, -0.05) is 37.8 Å². The van der Waals surface area contributed by atoms with Crippen LogP contribution in [0.15, 0.2) is 53.0 Å². The van der Waals surface area contributed by atoms with Crippen molar-refractivity contribution in [3.05, 3.63) is 69.7 Å². The number of hydrogen-bond acceptors (Lipinski definition) is 8. The van der Waals surface area contributed by atoms with Crippen molar-refractivity contribution < 1.29 is 39.5 Å². The van der Waals surface area contributed by atoms with Crippen molar-refractivity contribution in [3.63, 3.8) is 0 Å². The Morgan fingerprint density at radius 3 is 2.44 bits per heavy atom. The summed E-state index contributed by atoms with van der Waals surface area (Å²) in [6.07, 6.45) is 6.05. The SMILES string of the molecule is COc1ccc(CC2CCCC2)cc1-c1ccc(O)c2c1C[C@H]1C[C@H]3CC(O)=C(C(C)=O)C(=O)[C@@]3(O)C(O)=C1C2=O. The third-order valence-electron chi connectivity index (χ3n) is 9.60. The summed E-state index contributed by atoms with van der Waals surface area (Å²) in [7, 11) is 1.59. The molecule has 1 fully saturated rings. The number of carbonyl (C=O) groups is 3. The fraction of sp³-hybridized carbons (Fsp3) is 0.424. The van der Waals surface area contributed by atoms with Crippen LogP contribution < -0.4 is 4.74 Å². The number of carbonyl (C=O) groups excluding carboxylic acids is 3. The number of ether oxygens (including phenoxy) is 1. The molecule has 0 saturated heterocycles. The van der Waals surface area contributed by atoms with Gasteiger partial charge >= 0.3 is 0 Å². The lowest BCUT2D eigenvalue weighted by Crippen LogP contribution is -2.56. The van der Waals surface area contributed by atoms with E-state index in [0.717, 1.165) is 24.5 Å². The van der Waals surface area contributed by atoms with Crippen molar-refractivity contribution in [2.24, 2.45) is 17.8 Å². The number of benzene rings is 2. The van der Waals surface area contributed by atoms with E-state index in [1.165, 1.54) is 37.3 Å². The maximum atomic E-state index is 14.0. The zero-order valence-electron chi connectivity index (χ0n) is 23.2. The molecule has 2 aromatic carbocycles. The molecule has 0 spiro atoms. The van der Waals surface area contributed by atoms with E-state index in [0.29, 0.717) is 17.2 Å². The minimum atomic E-state index is -2.50. The van der Waals surface area contributed by atoms with Crippen molar-refractivity contribution in [2.45, 2.75) is 63.9 Å². The van der Waals surface area contributed by atoms with E-state index in [2.05, 4.69) is 12.1 Å². The van der Waals surface area contributed by atoms with E-state index < -0.39 is 51.9 Å². The van der Waals surface area contributed by atoms with Crippen LogP contribution in [0.4, 0.5) is 0 Å². The highest BCUT2D eigenvalue weighted by Crippen LogP contribution is 2.53. The number of methoxy groups -OCH3 is 1. The van der Waals surface area contributed by atoms with Gasteiger partial charge in [0.2, 0.25) is 5.78 Å². The van der Waals surface area contributed by atoms with Gasteiger partial charge < -0.3 is 25.2 Å². The summed E-state index contributed by atoms with van der Waals surface area (Å²) in [5.74, 6) is -4.23. The summed E-state index contributed by atoms with van der Waals surface area (Å²) in [6.45, 7) is 1.10. The van der Waals surface area contributed by atoms with Gasteiger partial charge in [-0.3, -0.25) is 14.4 Å². The zero-order valence-corrected chi connectivity index (χ0v) is 23.2. The Kier molecular flexibility index (Phi) is 6.57. The molecule has 6 rings (SSSR count). The number of fused-ring (bicyclic) bond motifs is 3. The molecule has 4 aliphatic rings. The van der Waals surface area contributed by atoms with Gasteiger partial charge in [-0.15, -0.1) is 0 Å². The van der Waals surface area contributed by atoms with Gasteiger partial charge in [-0.2, -0.15) is 0 Å². The lowest BCUT2D eigenvalue weighted by molar-refractivity contribution is -0.144. The number of ketones is 3.